The average Bonchev–Trinajstić information content (AvgIpc) is 3.14. The molecule has 1 aliphatic rings. The number of piperidine rings is 1. The van der Waals surface area contributed by atoms with E-state index >= 15 is 0 Å². The van der Waals surface area contributed by atoms with Gasteiger partial charge in [0.25, 0.3) is 0 Å². The van der Waals surface area contributed by atoms with Crippen molar-refractivity contribution in [1.29, 1.82) is 0 Å². The smallest absolute Gasteiger partial charge is 0.222 e. The van der Waals surface area contributed by atoms with Crippen molar-refractivity contribution in [2.24, 2.45) is 5.92 Å². The molecular formula is C19H22ClN3O2. The highest BCUT2D eigenvalue weighted by Crippen LogP contribution is 2.23. The van der Waals surface area contributed by atoms with Crippen LogP contribution < -0.4 is 0 Å². The number of hydrogen-bond donors (Lipinski definition) is 0. The molecule has 2 heterocycles. The molecule has 0 N–H and O–H groups in total. The molecule has 0 radical (unpaired) electrons. The number of likely N-dealkylation sites (tertiary alicyclic amines) is 1. The number of amides is 1. The topological polar surface area (TPSA) is 55.2 Å². The van der Waals surface area contributed by atoms with Crippen molar-refractivity contribution < 1.29 is 9.59 Å². The lowest BCUT2D eigenvalue weighted by molar-refractivity contribution is -0.132. The molecule has 1 amide bonds. The molecule has 1 aromatic carbocycles. The van der Waals surface area contributed by atoms with E-state index in [0.717, 1.165) is 32.4 Å². The SMILES string of the molecule is O=C(c1cccc(Cl)c1)C1CCCN(C(=O)CCCn2ccnc2)C1. The summed E-state index contributed by atoms with van der Waals surface area (Å²) in [4.78, 5) is 31.0. The predicted molar refractivity (Wildman–Crippen MR) is 96.5 cm³/mol. The van der Waals surface area contributed by atoms with Gasteiger partial charge in [-0.05, 0) is 31.4 Å². The molecule has 5 nitrogen and oxygen atoms in total. The zero-order chi connectivity index (χ0) is 17.6. The van der Waals surface area contributed by atoms with Gasteiger partial charge < -0.3 is 9.47 Å². The van der Waals surface area contributed by atoms with Crippen LogP contribution in [0.4, 0.5) is 0 Å². The number of rotatable bonds is 6. The molecule has 25 heavy (non-hydrogen) atoms. The van der Waals surface area contributed by atoms with E-state index in [1.165, 1.54) is 0 Å². The average molecular weight is 360 g/mol. The molecule has 2 aromatic rings. The lowest BCUT2D eigenvalue weighted by Gasteiger charge is -2.32. The summed E-state index contributed by atoms with van der Waals surface area (Å²) in [6, 6.07) is 7.04. The molecular weight excluding hydrogens is 338 g/mol. The number of carbonyl (C=O) groups excluding carboxylic acids is 2. The minimum Gasteiger partial charge on any atom is -0.342 e. The van der Waals surface area contributed by atoms with Gasteiger partial charge in [0.15, 0.2) is 5.78 Å². The van der Waals surface area contributed by atoms with Gasteiger partial charge >= 0.3 is 0 Å². The maximum absolute atomic E-state index is 12.7. The standard InChI is InChI=1S/C19H22ClN3O2/c20-17-6-1-4-15(12-17)19(25)16-5-2-10-23(13-16)18(24)7-3-9-22-11-8-21-14-22/h1,4,6,8,11-12,14,16H,2-3,5,7,9-10,13H2. The van der Waals surface area contributed by atoms with Crippen LogP contribution in [0, 0.1) is 5.92 Å². The molecule has 1 aromatic heterocycles. The lowest BCUT2D eigenvalue weighted by atomic mass is 9.90. The fourth-order valence-corrected chi connectivity index (χ4v) is 3.48. The second kappa shape index (κ2) is 8.30. The van der Waals surface area contributed by atoms with Crippen LogP contribution in [0.25, 0.3) is 0 Å². The second-order valence-corrected chi connectivity index (χ2v) is 6.89. The van der Waals surface area contributed by atoms with E-state index in [0.29, 0.717) is 23.6 Å². The third-order valence-electron chi connectivity index (χ3n) is 4.62. The molecule has 0 aliphatic carbocycles. The van der Waals surface area contributed by atoms with Gasteiger partial charge in [0.2, 0.25) is 5.91 Å². The molecule has 1 fully saturated rings. The number of aromatic nitrogens is 2. The van der Waals surface area contributed by atoms with E-state index in [9.17, 15) is 9.59 Å². The Morgan fingerprint density at radius 3 is 2.96 bits per heavy atom. The van der Waals surface area contributed by atoms with Crippen molar-refractivity contribution in [1.82, 2.24) is 14.5 Å². The van der Waals surface area contributed by atoms with E-state index in [2.05, 4.69) is 4.98 Å². The summed E-state index contributed by atoms with van der Waals surface area (Å²) in [7, 11) is 0. The Morgan fingerprint density at radius 2 is 2.20 bits per heavy atom. The monoisotopic (exact) mass is 359 g/mol. The van der Waals surface area contributed by atoms with E-state index in [1.807, 2.05) is 15.7 Å². The number of hydrogen-bond acceptors (Lipinski definition) is 3. The van der Waals surface area contributed by atoms with Crippen molar-refractivity contribution in [2.75, 3.05) is 13.1 Å². The molecule has 0 spiro atoms. The van der Waals surface area contributed by atoms with Crippen molar-refractivity contribution in [3.8, 4) is 0 Å². The van der Waals surface area contributed by atoms with Crippen LogP contribution in [-0.2, 0) is 11.3 Å². The number of carbonyl (C=O) groups is 2. The van der Waals surface area contributed by atoms with Gasteiger partial charge in [0.1, 0.15) is 0 Å². The fourth-order valence-electron chi connectivity index (χ4n) is 3.29. The minimum atomic E-state index is -0.134. The van der Waals surface area contributed by atoms with E-state index in [1.54, 1.807) is 36.8 Å². The summed E-state index contributed by atoms with van der Waals surface area (Å²) in [6.07, 6.45) is 8.35. The predicted octanol–water partition coefficient (Wildman–Crippen LogP) is 3.44. The maximum atomic E-state index is 12.7. The minimum absolute atomic E-state index is 0.0819. The summed E-state index contributed by atoms with van der Waals surface area (Å²) in [5.74, 6) is 0.0759. The molecule has 1 saturated heterocycles. The zero-order valence-corrected chi connectivity index (χ0v) is 14.9. The molecule has 1 atom stereocenters. The Kier molecular flexibility index (Phi) is 5.87. The van der Waals surface area contributed by atoms with E-state index in [-0.39, 0.29) is 17.6 Å². The third-order valence-corrected chi connectivity index (χ3v) is 4.86. The number of halogens is 1. The van der Waals surface area contributed by atoms with Crippen LogP contribution >= 0.6 is 11.6 Å². The van der Waals surface area contributed by atoms with Crippen LogP contribution in [0.15, 0.2) is 43.0 Å². The normalized spacial score (nSPS) is 17.5. The zero-order valence-electron chi connectivity index (χ0n) is 14.1. The van der Waals surface area contributed by atoms with Crippen molar-refractivity contribution >= 4 is 23.3 Å². The Labute approximate surface area is 152 Å². The lowest BCUT2D eigenvalue weighted by Crippen LogP contribution is -2.42. The number of aryl methyl sites for hydroxylation is 1. The number of ketones is 1. The van der Waals surface area contributed by atoms with Crippen molar-refractivity contribution in [3.05, 3.63) is 53.6 Å². The number of nitrogens with zero attached hydrogens (tertiary/aromatic N) is 3. The summed E-state index contributed by atoms with van der Waals surface area (Å²) in [5, 5.41) is 0.564. The molecule has 132 valence electrons. The molecule has 0 saturated carbocycles. The van der Waals surface area contributed by atoms with Gasteiger partial charge in [-0.1, -0.05) is 23.7 Å². The summed E-state index contributed by atoms with van der Waals surface area (Å²) in [6.45, 7) is 2.03. The van der Waals surface area contributed by atoms with Gasteiger partial charge in [0, 0.05) is 55.0 Å². The van der Waals surface area contributed by atoms with Gasteiger partial charge in [-0.15, -0.1) is 0 Å². The highest BCUT2D eigenvalue weighted by atomic mass is 35.5. The van der Waals surface area contributed by atoms with Crippen molar-refractivity contribution in [3.63, 3.8) is 0 Å². The molecule has 1 aliphatic heterocycles. The molecule has 3 rings (SSSR count). The van der Waals surface area contributed by atoms with Crippen LogP contribution in [0.5, 0.6) is 0 Å². The first-order chi connectivity index (χ1) is 12.1. The highest BCUT2D eigenvalue weighted by molar-refractivity contribution is 6.31. The van der Waals surface area contributed by atoms with Gasteiger partial charge in [-0.25, -0.2) is 4.98 Å². The fraction of sp³-hybridized carbons (Fsp3) is 0.421. The van der Waals surface area contributed by atoms with Crippen molar-refractivity contribution in [2.45, 2.75) is 32.2 Å². The van der Waals surface area contributed by atoms with Gasteiger partial charge in [-0.3, -0.25) is 9.59 Å². The molecule has 0 bridgehead atoms. The summed E-state index contributed by atoms with van der Waals surface area (Å²) < 4.78 is 1.97. The first-order valence-electron chi connectivity index (χ1n) is 8.67. The molecule has 6 heteroatoms. The van der Waals surface area contributed by atoms with Crippen LogP contribution in [0.1, 0.15) is 36.0 Å². The molecule has 1 unspecified atom stereocenters. The second-order valence-electron chi connectivity index (χ2n) is 6.46. The van der Waals surface area contributed by atoms with E-state index in [4.69, 9.17) is 11.6 Å². The largest absolute Gasteiger partial charge is 0.342 e. The summed E-state index contributed by atoms with van der Waals surface area (Å²) >= 11 is 5.98. The third kappa shape index (κ3) is 4.69. The maximum Gasteiger partial charge on any atom is 0.222 e. The Morgan fingerprint density at radius 1 is 1.32 bits per heavy atom. The quantitative estimate of drug-likeness (QED) is 0.742. The Bertz CT molecular complexity index is 730. The summed E-state index contributed by atoms with van der Waals surface area (Å²) in [5.41, 5.74) is 0.631. The number of benzene rings is 1. The first-order valence-corrected chi connectivity index (χ1v) is 9.04. The Balaban J connectivity index is 1.53. The van der Waals surface area contributed by atoms with Crippen LogP contribution in [0.3, 0.4) is 0 Å². The van der Waals surface area contributed by atoms with Gasteiger partial charge in [0.05, 0.1) is 6.33 Å². The first kappa shape index (κ1) is 17.7. The number of imidazole rings is 1. The van der Waals surface area contributed by atoms with Crippen LogP contribution in [0.2, 0.25) is 5.02 Å². The van der Waals surface area contributed by atoms with Crippen LogP contribution in [-0.4, -0.2) is 39.2 Å². The number of Topliss-reactive ketones (excluding diaryl/α,β-unsaturated/α-hetero) is 1. The van der Waals surface area contributed by atoms with Gasteiger partial charge in [-0.2, -0.15) is 0 Å². The Hall–Kier alpha value is -2.14. The van der Waals surface area contributed by atoms with E-state index < -0.39 is 0 Å². The highest BCUT2D eigenvalue weighted by Gasteiger charge is 2.28.